The first-order chi connectivity index (χ1) is 9.61. The average Bonchev–Trinajstić information content (AvgIpc) is 2.72. The summed E-state index contributed by atoms with van der Waals surface area (Å²) in [7, 11) is 0. The van der Waals surface area contributed by atoms with Gasteiger partial charge in [0.1, 0.15) is 0 Å². The summed E-state index contributed by atoms with van der Waals surface area (Å²) < 4.78 is 2.02. The van der Waals surface area contributed by atoms with Crippen LogP contribution in [-0.4, -0.2) is 21.8 Å². The summed E-state index contributed by atoms with van der Waals surface area (Å²) in [5.41, 5.74) is 9.45. The minimum atomic E-state index is 0. The van der Waals surface area contributed by atoms with Crippen molar-refractivity contribution in [2.45, 2.75) is 72.0 Å². The second kappa shape index (κ2) is 8.60. The van der Waals surface area contributed by atoms with E-state index in [2.05, 4.69) is 29.3 Å². The number of hydrogen-bond donors (Lipinski definition) is 2. The van der Waals surface area contributed by atoms with Crippen LogP contribution in [-0.2, 0) is 13.1 Å². The Kier molecular flexibility index (Phi) is 7.48. The maximum absolute atomic E-state index is 6.00. The highest BCUT2D eigenvalue weighted by atomic mass is 127. The van der Waals surface area contributed by atoms with Crippen molar-refractivity contribution in [3.63, 3.8) is 0 Å². The van der Waals surface area contributed by atoms with Crippen molar-refractivity contribution >= 4 is 29.9 Å². The number of rotatable bonds is 4. The molecule has 0 aromatic carbocycles. The first-order valence-corrected chi connectivity index (χ1v) is 7.71. The molecule has 5 nitrogen and oxygen atoms in total. The molecule has 1 heterocycles. The molecule has 1 saturated carbocycles. The zero-order chi connectivity index (χ0) is 14.5. The van der Waals surface area contributed by atoms with E-state index in [9.17, 15) is 0 Å². The summed E-state index contributed by atoms with van der Waals surface area (Å²) in [5.74, 6) is 0.569. The Morgan fingerprint density at radius 2 is 2.00 bits per heavy atom. The number of nitrogens with one attached hydrogen (secondary N) is 1. The molecule has 0 atom stereocenters. The second-order valence-electron chi connectivity index (χ2n) is 5.65. The highest BCUT2D eigenvalue weighted by molar-refractivity contribution is 14.0. The number of aromatic nitrogens is 2. The Hall–Kier alpha value is -0.790. The van der Waals surface area contributed by atoms with E-state index in [-0.39, 0.29) is 24.0 Å². The zero-order valence-electron chi connectivity index (χ0n) is 13.4. The van der Waals surface area contributed by atoms with Gasteiger partial charge in [-0.1, -0.05) is 19.3 Å². The zero-order valence-corrected chi connectivity index (χ0v) is 15.7. The number of aryl methyl sites for hydroxylation is 2. The van der Waals surface area contributed by atoms with E-state index in [1.807, 2.05) is 11.6 Å². The van der Waals surface area contributed by atoms with Gasteiger partial charge in [0.2, 0.25) is 0 Å². The lowest BCUT2D eigenvalue weighted by atomic mass is 9.96. The van der Waals surface area contributed by atoms with Gasteiger partial charge in [-0.15, -0.1) is 24.0 Å². The highest BCUT2D eigenvalue weighted by Gasteiger charge is 2.14. The van der Waals surface area contributed by atoms with E-state index < -0.39 is 0 Å². The number of aliphatic imine (C=N–C) groups is 1. The lowest BCUT2D eigenvalue weighted by Crippen LogP contribution is -2.41. The molecule has 0 aliphatic heterocycles. The van der Waals surface area contributed by atoms with E-state index in [1.54, 1.807) is 0 Å². The van der Waals surface area contributed by atoms with Crippen molar-refractivity contribution in [1.29, 1.82) is 0 Å². The quantitative estimate of drug-likeness (QED) is 0.460. The van der Waals surface area contributed by atoms with Crippen LogP contribution in [0.25, 0.3) is 0 Å². The maximum Gasteiger partial charge on any atom is 0.189 e. The van der Waals surface area contributed by atoms with E-state index in [1.165, 1.54) is 43.4 Å². The molecule has 0 radical (unpaired) electrons. The van der Waals surface area contributed by atoms with Gasteiger partial charge in [0.15, 0.2) is 5.96 Å². The van der Waals surface area contributed by atoms with Crippen molar-refractivity contribution in [2.24, 2.45) is 10.7 Å². The monoisotopic (exact) mass is 405 g/mol. The van der Waals surface area contributed by atoms with Crippen molar-refractivity contribution in [2.75, 3.05) is 0 Å². The van der Waals surface area contributed by atoms with E-state index in [0.717, 1.165) is 12.2 Å². The number of guanidine groups is 1. The van der Waals surface area contributed by atoms with Crippen molar-refractivity contribution in [3.05, 3.63) is 17.0 Å². The SMILES string of the molecule is CCn1nc(C)c(CN=C(N)NC2CCCCC2)c1C.I. The molecule has 1 aromatic rings. The predicted octanol–water partition coefficient (Wildman–Crippen LogP) is 2.87. The molecule has 0 spiro atoms. The molecule has 2 rings (SSSR count). The first-order valence-electron chi connectivity index (χ1n) is 7.71. The molecule has 1 aromatic heterocycles. The number of nitrogens with zero attached hydrogens (tertiary/aromatic N) is 3. The van der Waals surface area contributed by atoms with Gasteiger partial charge in [-0.2, -0.15) is 5.10 Å². The van der Waals surface area contributed by atoms with E-state index >= 15 is 0 Å². The normalized spacial score (nSPS) is 16.6. The van der Waals surface area contributed by atoms with E-state index in [4.69, 9.17) is 5.73 Å². The van der Waals surface area contributed by atoms with Gasteiger partial charge in [-0.25, -0.2) is 4.99 Å². The molecule has 0 amide bonds. The molecule has 1 aliphatic carbocycles. The Morgan fingerprint density at radius 1 is 1.33 bits per heavy atom. The van der Waals surface area contributed by atoms with Crippen molar-refractivity contribution in [3.8, 4) is 0 Å². The number of halogens is 1. The van der Waals surface area contributed by atoms with Gasteiger partial charge < -0.3 is 11.1 Å². The molecule has 1 fully saturated rings. The summed E-state index contributed by atoms with van der Waals surface area (Å²) in [6.45, 7) is 7.74. The summed E-state index contributed by atoms with van der Waals surface area (Å²) in [6.07, 6.45) is 6.37. The Balaban J connectivity index is 0.00000220. The van der Waals surface area contributed by atoms with Crippen LogP contribution in [0.1, 0.15) is 56.0 Å². The fraction of sp³-hybridized carbons (Fsp3) is 0.733. The fourth-order valence-corrected chi connectivity index (χ4v) is 2.94. The molecule has 120 valence electrons. The molecule has 0 unspecified atom stereocenters. The molecular weight excluding hydrogens is 377 g/mol. The van der Waals surface area contributed by atoms with Gasteiger partial charge in [0.05, 0.1) is 12.2 Å². The summed E-state index contributed by atoms with van der Waals surface area (Å²) in [5, 5.41) is 7.86. The topological polar surface area (TPSA) is 68.2 Å². The summed E-state index contributed by atoms with van der Waals surface area (Å²) >= 11 is 0. The largest absolute Gasteiger partial charge is 0.370 e. The lowest BCUT2D eigenvalue weighted by molar-refractivity contribution is 0.412. The maximum atomic E-state index is 6.00. The smallest absolute Gasteiger partial charge is 0.189 e. The third-order valence-electron chi connectivity index (χ3n) is 4.20. The molecule has 0 bridgehead atoms. The summed E-state index contributed by atoms with van der Waals surface area (Å²) in [6, 6.07) is 0.507. The van der Waals surface area contributed by atoms with Gasteiger partial charge in [0, 0.05) is 23.8 Å². The van der Waals surface area contributed by atoms with Gasteiger partial charge >= 0.3 is 0 Å². The molecular formula is C15H28IN5. The third kappa shape index (κ3) is 4.86. The van der Waals surface area contributed by atoms with E-state index in [0.29, 0.717) is 18.5 Å². The van der Waals surface area contributed by atoms with Crippen molar-refractivity contribution in [1.82, 2.24) is 15.1 Å². The van der Waals surface area contributed by atoms with Crippen LogP contribution in [0, 0.1) is 13.8 Å². The van der Waals surface area contributed by atoms with Crippen molar-refractivity contribution < 1.29 is 0 Å². The molecule has 1 aliphatic rings. The third-order valence-corrected chi connectivity index (χ3v) is 4.20. The van der Waals surface area contributed by atoms with Crippen LogP contribution in [0.2, 0.25) is 0 Å². The Morgan fingerprint density at radius 3 is 2.57 bits per heavy atom. The van der Waals surface area contributed by atoms with Crippen LogP contribution in [0.15, 0.2) is 4.99 Å². The molecule has 6 heteroatoms. The highest BCUT2D eigenvalue weighted by Crippen LogP contribution is 2.17. The minimum absolute atomic E-state index is 0. The second-order valence-corrected chi connectivity index (χ2v) is 5.65. The lowest BCUT2D eigenvalue weighted by Gasteiger charge is -2.23. The van der Waals surface area contributed by atoms with Crippen LogP contribution in [0.4, 0.5) is 0 Å². The van der Waals surface area contributed by atoms with Gasteiger partial charge in [-0.05, 0) is 33.6 Å². The Bertz CT molecular complexity index is 475. The molecule has 0 saturated heterocycles. The predicted molar refractivity (Wildman–Crippen MR) is 98.1 cm³/mol. The van der Waals surface area contributed by atoms with Crippen LogP contribution in [0.3, 0.4) is 0 Å². The fourth-order valence-electron chi connectivity index (χ4n) is 2.94. The minimum Gasteiger partial charge on any atom is -0.370 e. The standard InChI is InChI=1S/C15H27N5.HI/c1-4-20-12(3)14(11(2)19-20)10-17-15(16)18-13-8-6-5-7-9-13;/h13H,4-10H2,1-3H3,(H3,16,17,18);1H. The van der Waals surface area contributed by atoms with Crippen LogP contribution in [0.5, 0.6) is 0 Å². The molecule has 3 N–H and O–H groups in total. The van der Waals surface area contributed by atoms with Crippen LogP contribution >= 0.6 is 24.0 Å². The number of nitrogens with two attached hydrogens (primary N) is 1. The van der Waals surface area contributed by atoms with Gasteiger partial charge in [-0.3, -0.25) is 4.68 Å². The first kappa shape index (κ1) is 18.3. The molecule has 21 heavy (non-hydrogen) atoms. The summed E-state index contributed by atoms with van der Waals surface area (Å²) in [4.78, 5) is 4.49. The van der Waals surface area contributed by atoms with Crippen LogP contribution < -0.4 is 11.1 Å². The number of hydrogen-bond acceptors (Lipinski definition) is 2. The van der Waals surface area contributed by atoms with Gasteiger partial charge in [0.25, 0.3) is 0 Å². The average molecular weight is 405 g/mol. The Labute approximate surface area is 144 Å².